The zero-order valence-corrected chi connectivity index (χ0v) is 9.44. The molecule has 1 amide bonds. The van der Waals surface area contributed by atoms with Gasteiger partial charge in [0, 0.05) is 32.0 Å². The number of anilines is 1. The number of nitrogens with zero attached hydrogens (tertiary/aromatic N) is 2. The molecule has 4 N–H and O–H groups in total. The van der Waals surface area contributed by atoms with Crippen LogP contribution < -0.4 is 21.5 Å². The lowest BCUT2D eigenvalue weighted by Crippen LogP contribution is -2.44. The number of carbonyl (C=O) groups is 1. The van der Waals surface area contributed by atoms with Gasteiger partial charge in [0.15, 0.2) is 0 Å². The van der Waals surface area contributed by atoms with Gasteiger partial charge in [0.2, 0.25) is 5.91 Å². The van der Waals surface area contributed by atoms with E-state index in [1.165, 1.54) is 0 Å². The third kappa shape index (κ3) is 3.65. The van der Waals surface area contributed by atoms with Crippen LogP contribution >= 0.6 is 0 Å². The van der Waals surface area contributed by atoms with E-state index >= 15 is 0 Å². The van der Waals surface area contributed by atoms with E-state index in [0.717, 1.165) is 13.0 Å². The number of hydrogen-bond donors (Lipinski definition) is 4. The third-order valence-corrected chi connectivity index (χ3v) is 2.44. The average Bonchev–Trinajstić information content (AvgIpc) is 2.89. The first-order valence-corrected chi connectivity index (χ1v) is 5.62. The minimum absolute atomic E-state index is 0.0240. The van der Waals surface area contributed by atoms with E-state index < -0.39 is 0 Å². The first kappa shape index (κ1) is 11.7. The number of hydrazine groups is 1. The first-order valence-electron chi connectivity index (χ1n) is 5.62. The summed E-state index contributed by atoms with van der Waals surface area (Å²) in [7, 11) is 0. The van der Waals surface area contributed by atoms with E-state index in [9.17, 15) is 4.79 Å². The molecule has 1 aromatic rings. The van der Waals surface area contributed by atoms with Crippen molar-refractivity contribution < 1.29 is 4.79 Å². The Morgan fingerprint density at radius 1 is 1.47 bits per heavy atom. The van der Waals surface area contributed by atoms with Crippen molar-refractivity contribution in [3.8, 4) is 0 Å². The van der Waals surface area contributed by atoms with Crippen molar-refractivity contribution >= 4 is 11.7 Å². The van der Waals surface area contributed by atoms with Gasteiger partial charge in [-0.3, -0.25) is 15.2 Å². The summed E-state index contributed by atoms with van der Waals surface area (Å²) < 4.78 is 0. The Balaban J connectivity index is 1.61. The quantitative estimate of drug-likeness (QED) is 0.484. The lowest BCUT2D eigenvalue weighted by Gasteiger charge is -2.10. The van der Waals surface area contributed by atoms with Crippen molar-refractivity contribution in [1.82, 2.24) is 26.1 Å². The van der Waals surface area contributed by atoms with Gasteiger partial charge in [-0.15, -0.1) is 0 Å². The highest BCUT2D eigenvalue weighted by atomic mass is 16.2. The largest absolute Gasteiger partial charge is 0.367 e. The lowest BCUT2D eigenvalue weighted by molar-refractivity contribution is -0.122. The fraction of sp³-hybridized carbons (Fsp3) is 0.500. The number of carbonyl (C=O) groups excluding carboxylic acids is 1. The van der Waals surface area contributed by atoms with Gasteiger partial charge in [0.1, 0.15) is 11.9 Å². The minimum atomic E-state index is -0.119. The van der Waals surface area contributed by atoms with Gasteiger partial charge in [-0.25, -0.2) is 10.4 Å². The van der Waals surface area contributed by atoms with Crippen LogP contribution in [0, 0.1) is 0 Å². The fourth-order valence-corrected chi connectivity index (χ4v) is 1.57. The highest BCUT2D eigenvalue weighted by Crippen LogP contribution is 1.96. The Kier molecular flexibility index (Phi) is 4.23. The molecule has 0 aliphatic carbocycles. The summed E-state index contributed by atoms with van der Waals surface area (Å²) in [6.07, 6.45) is 5.70. The zero-order chi connectivity index (χ0) is 11.9. The van der Waals surface area contributed by atoms with Gasteiger partial charge in [-0.05, 0) is 6.42 Å². The standard InChI is InChI=1S/C10H16N6O/c17-10(8-1-2-15-16-8)14-6-5-13-9-7-11-3-4-12-9/h3-4,7-8,15-16H,1-2,5-6H2,(H,12,13)(H,14,17). The van der Waals surface area contributed by atoms with Gasteiger partial charge in [0.25, 0.3) is 0 Å². The van der Waals surface area contributed by atoms with E-state index in [0.29, 0.717) is 18.9 Å². The zero-order valence-electron chi connectivity index (χ0n) is 9.44. The van der Waals surface area contributed by atoms with E-state index in [1.54, 1.807) is 18.6 Å². The second-order valence-electron chi connectivity index (χ2n) is 3.72. The summed E-state index contributed by atoms with van der Waals surface area (Å²) in [6.45, 7) is 2.02. The summed E-state index contributed by atoms with van der Waals surface area (Å²) in [4.78, 5) is 19.6. The number of amides is 1. The lowest BCUT2D eigenvalue weighted by atomic mass is 10.2. The average molecular weight is 236 g/mol. The third-order valence-electron chi connectivity index (χ3n) is 2.44. The van der Waals surface area contributed by atoms with E-state index in [4.69, 9.17) is 0 Å². The van der Waals surface area contributed by atoms with E-state index in [1.807, 2.05) is 0 Å². The Hall–Kier alpha value is -1.73. The minimum Gasteiger partial charge on any atom is -0.367 e. The maximum absolute atomic E-state index is 11.6. The number of hydrogen-bond acceptors (Lipinski definition) is 6. The van der Waals surface area contributed by atoms with Gasteiger partial charge >= 0.3 is 0 Å². The molecule has 0 saturated carbocycles. The highest BCUT2D eigenvalue weighted by molar-refractivity contribution is 5.81. The van der Waals surface area contributed by atoms with Crippen molar-refractivity contribution in [2.45, 2.75) is 12.5 Å². The smallest absolute Gasteiger partial charge is 0.238 e. The van der Waals surface area contributed by atoms with Crippen molar-refractivity contribution in [3.63, 3.8) is 0 Å². The molecule has 1 atom stereocenters. The summed E-state index contributed by atoms with van der Waals surface area (Å²) in [5, 5.41) is 5.91. The predicted octanol–water partition coefficient (Wildman–Crippen LogP) is -1.13. The fourth-order valence-electron chi connectivity index (χ4n) is 1.57. The molecule has 0 aromatic carbocycles. The molecule has 17 heavy (non-hydrogen) atoms. The molecule has 1 aromatic heterocycles. The first-order chi connectivity index (χ1) is 8.36. The van der Waals surface area contributed by atoms with Crippen molar-refractivity contribution in [2.24, 2.45) is 0 Å². The predicted molar refractivity (Wildman–Crippen MR) is 63.1 cm³/mol. The summed E-state index contributed by atoms with van der Waals surface area (Å²) in [6, 6.07) is -0.119. The van der Waals surface area contributed by atoms with Crippen LogP contribution in [-0.4, -0.2) is 41.6 Å². The molecule has 0 bridgehead atoms. The normalized spacial score (nSPS) is 18.9. The maximum atomic E-state index is 11.6. The van der Waals surface area contributed by atoms with Crippen molar-refractivity contribution in [1.29, 1.82) is 0 Å². The molecule has 1 fully saturated rings. The molecular weight excluding hydrogens is 220 g/mol. The molecule has 1 saturated heterocycles. The van der Waals surface area contributed by atoms with Crippen LogP contribution in [0.4, 0.5) is 5.82 Å². The number of rotatable bonds is 5. The summed E-state index contributed by atoms with van der Waals surface area (Å²) >= 11 is 0. The molecular formula is C10H16N6O. The van der Waals surface area contributed by atoms with Crippen LogP contribution in [0.25, 0.3) is 0 Å². The Bertz CT molecular complexity index is 351. The topological polar surface area (TPSA) is 91.0 Å². The molecule has 2 rings (SSSR count). The molecule has 1 aliphatic heterocycles. The van der Waals surface area contributed by atoms with Crippen LogP contribution in [0.5, 0.6) is 0 Å². The second-order valence-corrected chi connectivity index (χ2v) is 3.72. The molecule has 7 nitrogen and oxygen atoms in total. The summed E-state index contributed by atoms with van der Waals surface area (Å²) in [5.41, 5.74) is 5.83. The van der Waals surface area contributed by atoms with Gasteiger partial charge in [0.05, 0.1) is 6.20 Å². The molecule has 1 aliphatic rings. The highest BCUT2D eigenvalue weighted by Gasteiger charge is 2.20. The van der Waals surface area contributed by atoms with Crippen molar-refractivity contribution in [3.05, 3.63) is 18.6 Å². The van der Waals surface area contributed by atoms with Crippen LogP contribution in [0.2, 0.25) is 0 Å². The van der Waals surface area contributed by atoms with Crippen LogP contribution in [0.15, 0.2) is 18.6 Å². The number of nitrogens with one attached hydrogen (secondary N) is 4. The molecule has 0 radical (unpaired) electrons. The number of aromatic nitrogens is 2. The van der Waals surface area contributed by atoms with Gasteiger partial charge in [-0.1, -0.05) is 0 Å². The van der Waals surface area contributed by atoms with Crippen LogP contribution in [0.1, 0.15) is 6.42 Å². The van der Waals surface area contributed by atoms with Crippen molar-refractivity contribution in [2.75, 3.05) is 25.0 Å². The van der Waals surface area contributed by atoms with E-state index in [-0.39, 0.29) is 11.9 Å². The second kappa shape index (κ2) is 6.12. The summed E-state index contributed by atoms with van der Waals surface area (Å²) in [5.74, 6) is 0.735. The van der Waals surface area contributed by atoms with Crippen LogP contribution in [0.3, 0.4) is 0 Å². The molecule has 7 heteroatoms. The molecule has 2 heterocycles. The SMILES string of the molecule is O=C(NCCNc1cnccn1)C1CCNN1. The Labute approximate surface area is 99.4 Å². The maximum Gasteiger partial charge on any atom is 0.238 e. The molecule has 1 unspecified atom stereocenters. The van der Waals surface area contributed by atoms with Gasteiger partial charge < -0.3 is 10.6 Å². The van der Waals surface area contributed by atoms with Crippen LogP contribution in [-0.2, 0) is 4.79 Å². The Morgan fingerprint density at radius 3 is 3.12 bits per heavy atom. The molecule has 92 valence electrons. The van der Waals surface area contributed by atoms with Gasteiger partial charge in [-0.2, -0.15) is 0 Å². The monoisotopic (exact) mass is 236 g/mol. The molecule has 0 spiro atoms. The van der Waals surface area contributed by atoms with E-state index in [2.05, 4.69) is 31.5 Å². The Morgan fingerprint density at radius 2 is 2.41 bits per heavy atom.